The van der Waals surface area contributed by atoms with Crippen molar-refractivity contribution in [3.63, 3.8) is 0 Å². The maximum atomic E-state index is 7.65. The van der Waals surface area contributed by atoms with E-state index < -0.39 is 0 Å². The number of hydrogen-bond acceptors (Lipinski definition) is 1. The van der Waals surface area contributed by atoms with Crippen molar-refractivity contribution in [1.82, 2.24) is 0 Å². The first kappa shape index (κ1) is 9.48. The average Bonchev–Trinajstić information content (AvgIpc) is 0.811. The topological polar surface area (TPSA) is 20.2 Å². The van der Waals surface area contributed by atoms with Crippen LogP contribution in [0.3, 0.4) is 0 Å². The zero-order chi connectivity index (χ0) is 3.58. The van der Waals surface area contributed by atoms with Crippen LogP contribution >= 0.6 is 24.8 Å². The van der Waals surface area contributed by atoms with Gasteiger partial charge in [-0.1, -0.05) is 12.6 Å². The van der Waals surface area contributed by atoms with Gasteiger partial charge in [0, 0.05) is 0 Å². The standard InChI is InChI=1S/CH2OS2.Pb.2H/c2-1(3)4;;;/h(H2,2,3,4);;;. The van der Waals surface area contributed by atoms with Gasteiger partial charge in [0.05, 0.1) is 0 Å². The second-order valence-corrected chi connectivity index (χ2v) is 1.40. The van der Waals surface area contributed by atoms with Gasteiger partial charge in [-0.2, -0.15) is 0 Å². The first-order chi connectivity index (χ1) is 1.73. The van der Waals surface area contributed by atoms with Crippen LogP contribution in [0.25, 0.3) is 0 Å². The Labute approximate surface area is 61.3 Å². The van der Waals surface area contributed by atoms with Crippen LogP contribution in [0.1, 0.15) is 0 Å². The van der Waals surface area contributed by atoms with Gasteiger partial charge in [-0.3, -0.25) is 0 Å². The average molecular weight is 303 g/mol. The SMILES string of the molecule is OC(=S)S.[PbH2]. The first-order valence-corrected chi connectivity index (χ1v) is 1.51. The van der Waals surface area contributed by atoms with Crippen LogP contribution in [0, 0.1) is 0 Å². The summed E-state index contributed by atoms with van der Waals surface area (Å²) in [5.74, 6) is 0. The van der Waals surface area contributed by atoms with Crippen molar-refractivity contribution in [2.45, 2.75) is 0 Å². The van der Waals surface area contributed by atoms with Gasteiger partial charge in [0.25, 0.3) is 0 Å². The molecule has 0 aliphatic rings. The van der Waals surface area contributed by atoms with Crippen molar-refractivity contribution in [2.24, 2.45) is 0 Å². The van der Waals surface area contributed by atoms with Crippen molar-refractivity contribution in [1.29, 1.82) is 0 Å². The molecule has 0 aliphatic carbocycles. The molecule has 2 radical (unpaired) electrons. The molecule has 0 bridgehead atoms. The van der Waals surface area contributed by atoms with Crippen molar-refractivity contribution in [2.75, 3.05) is 0 Å². The van der Waals surface area contributed by atoms with Crippen LogP contribution in [0.5, 0.6) is 0 Å². The zero-order valence-corrected chi connectivity index (χ0v) is 9.72. The summed E-state index contributed by atoms with van der Waals surface area (Å²) in [6, 6.07) is 0. The summed E-state index contributed by atoms with van der Waals surface area (Å²) in [5, 5.41) is 7.65. The summed E-state index contributed by atoms with van der Waals surface area (Å²) >= 11 is 7.21. The molecule has 0 fully saturated rings. The Morgan fingerprint density at radius 1 is 1.80 bits per heavy atom. The minimum absolute atomic E-state index is 0. The fraction of sp³-hybridized carbons (Fsp3) is 0. The third-order valence-electron chi connectivity index (χ3n) is 0. The Hall–Kier alpha value is 1.16. The predicted molar refractivity (Wildman–Crippen MR) is 32.8 cm³/mol. The van der Waals surface area contributed by atoms with Gasteiger partial charge in [-0.05, 0) is 12.2 Å². The summed E-state index contributed by atoms with van der Waals surface area (Å²) in [5.41, 5.74) is 0. The molecular formula is CH4OPbS2. The molecule has 0 spiro atoms. The normalized spacial score (nSPS) is 5.00. The molecule has 0 aromatic carbocycles. The molecule has 0 aromatic heterocycles. The van der Waals surface area contributed by atoms with Crippen LogP contribution in [-0.4, -0.2) is 36.8 Å². The van der Waals surface area contributed by atoms with Crippen LogP contribution in [-0.2, 0) is 0 Å². The monoisotopic (exact) mass is 304 g/mol. The van der Waals surface area contributed by atoms with Gasteiger partial charge in [0.15, 0.2) is 0 Å². The Morgan fingerprint density at radius 2 is 1.80 bits per heavy atom. The molecule has 30 valence electrons. The zero-order valence-electron chi connectivity index (χ0n) is 2.51. The van der Waals surface area contributed by atoms with Gasteiger partial charge in [-0.15, -0.1) is 0 Å². The van der Waals surface area contributed by atoms with Crippen molar-refractivity contribution in [3.8, 4) is 0 Å². The third kappa shape index (κ3) is 38.2. The summed E-state index contributed by atoms with van der Waals surface area (Å²) in [4.78, 5) is 0. The predicted octanol–water partition coefficient (Wildman–Crippen LogP) is -0.157. The van der Waals surface area contributed by atoms with Gasteiger partial charge in [0.2, 0.25) is 4.38 Å². The maximum absolute atomic E-state index is 7.65. The van der Waals surface area contributed by atoms with Gasteiger partial charge >= 0.3 is 27.3 Å². The van der Waals surface area contributed by atoms with Gasteiger partial charge < -0.3 is 5.11 Å². The second-order valence-electron chi connectivity index (χ2n) is 0.283. The van der Waals surface area contributed by atoms with E-state index in [9.17, 15) is 0 Å². The van der Waals surface area contributed by atoms with E-state index in [1.807, 2.05) is 0 Å². The molecule has 0 amide bonds. The summed E-state index contributed by atoms with van der Waals surface area (Å²) in [6.45, 7) is 0. The van der Waals surface area contributed by atoms with E-state index >= 15 is 0 Å². The van der Waals surface area contributed by atoms with E-state index in [4.69, 9.17) is 5.11 Å². The molecule has 0 saturated heterocycles. The Bertz CT molecular complexity index is 32.6. The molecule has 1 nitrogen and oxygen atoms in total. The van der Waals surface area contributed by atoms with E-state index in [0.29, 0.717) is 0 Å². The number of aliphatic hydroxyl groups excluding tert-OH is 1. The van der Waals surface area contributed by atoms with Crippen LogP contribution < -0.4 is 0 Å². The molecule has 1 N–H and O–H groups in total. The summed E-state index contributed by atoms with van der Waals surface area (Å²) in [7, 11) is 0. The Balaban J connectivity index is 0. The molecule has 0 unspecified atom stereocenters. The number of hydrogen-bond donors (Lipinski definition) is 2. The van der Waals surface area contributed by atoms with Crippen molar-refractivity contribution < 1.29 is 5.11 Å². The second kappa shape index (κ2) is 5.16. The third-order valence-corrected chi connectivity index (χ3v) is 0. The molecule has 0 rings (SSSR count). The Kier molecular flexibility index (Phi) is 9.79. The molecule has 0 aromatic rings. The van der Waals surface area contributed by atoms with Crippen molar-refractivity contribution in [3.05, 3.63) is 0 Å². The van der Waals surface area contributed by atoms with E-state index in [-0.39, 0.29) is 31.7 Å². The number of thiol groups is 1. The van der Waals surface area contributed by atoms with Gasteiger partial charge in [-0.25, -0.2) is 0 Å². The quantitative estimate of drug-likeness (QED) is 0.369. The number of aliphatic hydroxyl groups is 1. The molecular weight excluding hydrogens is 299 g/mol. The van der Waals surface area contributed by atoms with Crippen molar-refractivity contribution >= 4 is 56.5 Å². The summed E-state index contributed by atoms with van der Waals surface area (Å²) in [6.07, 6.45) is 0. The Morgan fingerprint density at radius 3 is 1.80 bits per heavy atom. The van der Waals surface area contributed by atoms with Crippen LogP contribution in [0.2, 0.25) is 0 Å². The van der Waals surface area contributed by atoms with E-state index in [0.717, 1.165) is 0 Å². The molecule has 0 aliphatic heterocycles. The summed E-state index contributed by atoms with van der Waals surface area (Å²) < 4.78 is -0.306. The number of thiocarbonyl (C=S) groups is 1. The molecule has 0 heterocycles. The van der Waals surface area contributed by atoms with E-state index in [1.165, 1.54) is 0 Å². The first-order valence-electron chi connectivity index (χ1n) is 0.651. The van der Waals surface area contributed by atoms with E-state index in [2.05, 4.69) is 24.8 Å². The van der Waals surface area contributed by atoms with E-state index in [1.54, 1.807) is 0 Å². The fourth-order valence-electron chi connectivity index (χ4n) is 0. The van der Waals surface area contributed by atoms with Gasteiger partial charge in [0.1, 0.15) is 0 Å². The minimum atomic E-state index is -0.306. The molecule has 4 heteroatoms. The molecule has 0 saturated carbocycles. The fourth-order valence-corrected chi connectivity index (χ4v) is 0. The van der Waals surface area contributed by atoms with Crippen LogP contribution in [0.4, 0.5) is 0 Å². The molecule has 5 heavy (non-hydrogen) atoms. The van der Waals surface area contributed by atoms with Crippen LogP contribution in [0.15, 0.2) is 0 Å². The molecule has 0 atom stereocenters. The number of rotatable bonds is 0.